The number of ether oxygens (including phenoxy) is 1. The topological polar surface area (TPSA) is 138 Å². The van der Waals surface area contributed by atoms with Gasteiger partial charge in [-0.15, -0.1) is 0 Å². The lowest BCUT2D eigenvalue weighted by molar-refractivity contribution is 0.0715. The number of imidazole rings is 1. The monoisotopic (exact) mass is 584 g/mol. The quantitative estimate of drug-likeness (QED) is 0.0866. The summed E-state index contributed by atoms with van der Waals surface area (Å²) in [6.45, 7) is 2.50. The van der Waals surface area contributed by atoms with Crippen molar-refractivity contribution in [1.82, 2.24) is 24.5 Å². The minimum Gasteiger partial charge on any atom is -0.382 e. The first-order valence-electron chi connectivity index (χ1n) is 14.8. The molecule has 0 fully saturated rings. The predicted octanol–water partition coefficient (Wildman–Crippen LogP) is 6.49. The van der Waals surface area contributed by atoms with Crippen LogP contribution in [0, 0.1) is 11.8 Å². The Balaban J connectivity index is 1.10. The molecule has 3 N–H and O–H groups in total. The first kappa shape index (κ1) is 32.7. The van der Waals surface area contributed by atoms with Crippen molar-refractivity contribution in [3.05, 3.63) is 42.7 Å². The van der Waals surface area contributed by atoms with Crippen molar-refractivity contribution in [3.8, 4) is 11.8 Å². The maximum absolute atomic E-state index is 12.3. The zero-order chi connectivity index (χ0) is 29.2. The van der Waals surface area contributed by atoms with Gasteiger partial charge in [-0.25, -0.2) is 15.0 Å². The van der Waals surface area contributed by atoms with Gasteiger partial charge >= 0.3 is 7.60 Å². The summed E-state index contributed by atoms with van der Waals surface area (Å²) in [7, 11) is -3.80. The van der Waals surface area contributed by atoms with Crippen molar-refractivity contribution < 1.29 is 18.7 Å². The van der Waals surface area contributed by atoms with E-state index in [-0.39, 0.29) is 19.1 Å². The molecule has 3 aromatic rings. The summed E-state index contributed by atoms with van der Waals surface area (Å²) in [5.74, 6) is 6.71. The predicted molar refractivity (Wildman–Crippen MR) is 162 cm³/mol. The number of aromatic nitrogens is 5. The van der Waals surface area contributed by atoms with Crippen LogP contribution in [-0.2, 0) is 20.4 Å². The minimum absolute atomic E-state index is 0.267. The fourth-order valence-corrected chi connectivity index (χ4v) is 5.44. The molecule has 1 unspecified atom stereocenters. The van der Waals surface area contributed by atoms with E-state index >= 15 is 0 Å². The van der Waals surface area contributed by atoms with Crippen LogP contribution in [0.25, 0.3) is 11.2 Å². The molecule has 10 nitrogen and oxygen atoms in total. The molecule has 0 aromatic carbocycles. The van der Waals surface area contributed by atoms with Gasteiger partial charge < -0.3 is 24.5 Å². The van der Waals surface area contributed by atoms with Crippen LogP contribution in [0.2, 0.25) is 0 Å². The van der Waals surface area contributed by atoms with E-state index in [9.17, 15) is 9.46 Å². The van der Waals surface area contributed by atoms with E-state index < -0.39 is 7.60 Å². The zero-order valence-corrected chi connectivity index (χ0v) is 25.2. The molecule has 0 radical (unpaired) electrons. The first-order chi connectivity index (χ1) is 19.9. The molecule has 0 saturated carbocycles. The lowest BCUT2D eigenvalue weighted by atomic mass is 10.0. The van der Waals surface area contributed by atoms with E-state index in [0.29, 0.717) is 23.5 Å². The van der Waals surface area contributed by atoms with E-state index in [0.717, 1.165) is 31.2 Å². The fraction of sp³-hybridized carbons (Fsp3) is 0.600. The van der Waals surface area contributed by atoms with E-state index in [4.69, 9.17) is 15.0 Å². The van der Waals surface area contributed by atoms with Crippen molar-refractivity contribution in [2.45, 2.75) is 103 Å². The molecule has 0 aliphatic heterocycles. The second-order valence-electron chi connectivity index (χ2n) is 10.4. The van der Waals surface area contributed by atoms with Crippen LogP contribution in [0.3, 0.4) is 0 Å². The summed E-state index contributed by atoms with van der Waals surface area (Å²) in [6, 6.07) is 3.91. The maximum Gasteiger partial charge on any atom is 0.353 e. The summed E-state index contributed by atoms with van der Waals surface area (Å²) in [4.78, 5) is 26.5. The molecular weight excluding hydrogens is 539 g/mol. The van der Waals surface area contributed by atoms with Crippen molar-refractivity contribution in [1.29, 1.82) is 0 Å². The van der Waals surface area contributed by atoms with Gasteiger partial charge in [-0.05, 0) is 31.9 Å². The minimum atomic E-state index is -3.80. The van der Waals surface area contributed by atoms with Crippen molar-refractivity contribution in [3.63, 3.8) is 0 Å². The SMILES string of the molecule is C[C@H](Cn1cnc2c(N)ncnc21)OCP(=O)(O)OCCCCCCCCCCCCCCC#Cc1cccnc1. The van der Waals surface area contributed by atoms with Gasteiger partial charge in [0, 0.05) is 24.4 Å². The molecule has 2 atom stereocenters. The molecule has 0 saturated heterocycles. The molecule has 0 aliphatic rings. The fourth-order valence-electron chi connectivity index (χ4n) is 4.51. The molecule has 3 rings (SSSR count). The van der Waals surface area contributed by atoms with Gasteiger partial charge in [-0.1, -0.05) is 76.0 Å². The first-order valence-corrected chi connectivity index (χ1v) is 16.6. The molecule has 0 amide bonds. The number of anilines is 1. The highest BCUT2D eigenvalue weighted by molar-refractivity contribution is 7.52. The number of unbranched alkanes of at least 4 members (excludes halogenated alkanes) is 12. The van der Waals surface area contributed by atoms with Crippen molar-refractivity contribution in [2.75, 3.05) is 18.7 Å². The van der Waals surface area contributed by atoms with Crippen LogP contribution in [-0.4, -0.2) is 48.5 Å². The third-order valence-corrected chi connectivity index (χ3v) is 7.85. The van der Waals surface area contributed by atoms with Crippen LogP contribution >= 0.6 is 7.60 Å². The van der Waals surface area contributed by atoms with Gasteiger partial charge in [0.25, 0.3) is 0 Å². The molecule has 0 aliphatic carbocycles. The third-order valence-electron chi connectivity index (χ3n) is 6.79. The molecule has 3 aromatic heterocycles. The Bertz CT molecular complexity index is 1260. The lowest BCUT2D eigenvalue weighted by Crippen LogP contribution is -2.17. The van der Waals surface area contributed by atoms with Gasteiger partial charge in [0.1, 0.15) is 18.2 Å². The van der Waals surface area contributed by atoms with Gasteiger partial charge in [0.05, 0.1) is 25.6 Å². The number of nitrogens with two attached hydrogens (primary N) is 1. The van der Waals surface area contributed by atoms with Crippen molar-refractivity contribution in [2.24, 2.45) is 0 Å². The Morgan fingerprint density at radius 1 is 1.00 bits per heavy atom. The largest absolute Gasteiger partial charge is 0.382 e. The average molecular weight is 585 g/mol. The number of pyridine rings is 1. The van der Waals surface area contributed by atoms with E-state index in [1.807, 2.05) is 19.1 Å². The smallest absolute Gasteiger partial charge is 0.353 e. The molecule has 0 spiro atoms. The second-order valence-corrected chi connectivity index (χ2v) is 12.2. The van der Waals surface area contributed by atoms with Gasteiger partial charge in [0.15, 0.2) is 11.5 Å². The summed E-state index contributed by atoms with van der Waals surface area (Å²) in [5.41, 5.74) is 7.93. The van der Waals surface area contributed by atoms with E-state index in [1.54, 1.807) is 23.3 Å². The van der Waals surface area contributed by atoms with Crippen LogP contribution in [0.1, 0.15) is 96.0 Å². The van der Waals surface area contributed by atoms with E-state index in [2.05, 4.69) is 31.8 Å². The normalized spacial score (nSPS) is 13.5. The lowest BCUT2D eigenvalue weighted by Gasteiger charge is -2.17. The number of hydrogen-bond acceptors (Lipinski definition) is 8. The highest BCUT2D eigenvalue weighted by Crippen LogP contribution is 2.42. The van der Waals surface area contributed by atoms with Gasteiger partial charge in [-0.3, -0.25) is 9.55 Å². The summed E-state index contributed by atoms with van der Waals surface area (Å²) in [5, 5.41) is 0. The Morgan fingerprint density at radius 3 is 2.37 bits per heavy atom. The van der Waals surface area contributed by atoms with Crippen molar-refractivity contribution >= 4 is 24.6 Å². The maximum atomic E-state index is 12.3. The standard InChI is InChI=1S/C30H45N6O4P/c1-26(22-36-24-35-28-29(31)33-23-34-30(28)36)39-25-41(37,38)40-20-15-13-11-9-7-5-3-2-4-6-8-10-12-14-17-27-18-16-19-32-21-27/h16,18-19,21,23-24,26H,2-13,15,20,22,25H2,1H3,(H,37,38)(H2,31,33,34)/t26-/m1/s1. The number of nitrogens with zero attached hydrogens (tertiary/aromatic N) is 5. The molecule has 3 heterocycles. The summed E-state index contributed by atoms with van der Waals surface area (Å²) < 4.78 is 24.9. The highest BCUT2D eigenvalue weighted by Gasteiger charge is 2.21. The zero-order valence-electron chi connectivity index (χ0n) is 24.3. The molecule has 41 heavy (non-hydrogen) atoms. The van der Waals surface area contributed by atoms with Crippen LogP contribution in [0.5, 0.6) is 0 Å². The number of hydrogen-bond donors (Lipinski definition) is 2. The molecule has 224 valence electrons. The summed E-state index contributed by atoms with van der Waals surface area (Å²) in [6.07, 6.45) is 21.1. The third kappa shape index (κ3) is 13.1. The highest BCUT2D eigenvalue weighted by atomic mass is 31.2. The number of nitrogen functional groups attached to an aromatic ring is 1. The Hall–Kier alpha value is -2.83. The van der Waals surface area contributed by atoms with Crippen LogP contribution in [0.4, 0.5) is 5.82 Å². The number of rotatable bonds is 20. The summed E-state index contributed by atoms with van der Waals surface area (Å²) >= 11 is 0. The Kier molecular flexibility index (Phi) is 14.8. The van der Waals surface area contributed by atoms with Crippen LogP contribution < -0.4 is 5.73 Å². The number of fused-ring (bicyclic) bond motifs is 1. The Labute approximate surface area is 244 Å². The van der Waals surface area contributed by atoms with Crippen LogP contribution in [0.15, 0.2) is 37.2 Å². The molecule has 11 heteroatoms. The average Bonchev–Trinajstić information content (AvgIpc) is 3.38. The second kappa shape index (κ2) is 18.6. The van der Waals surface area contributed by atoms with Gasteiger partial charge in [0.2, 0.25) is 0 Å². The Morgan fingerprint density at radius 2 is 1.68 bits per heavy atom. The van der Waals surface area contributed by atoms with Gasteiger partial charge in [-0.2, -0.15) is 0 Å². The molecule has 0 bridgehead atoms. The van der Waals surface area contributed by atoms with E-state index in [1.165, 1.54) is 64.1 Å². The molecular formula is C30H45N6O4P.